The fourth-order valence-corrected chi connectivity index (χ4v) is 2.80. The van der Waals surface area contributed by atoms with Crippen LogP contribution < -0.4 is 14.9 Å². The number of aryl methyl sites for hydroxylation is 2. The molecule has 1 N–H and O–H groups in total. The first kappa shape index (κ1) is 18.7. The van der Waals surface area contributed by atoms with E-state index in [0.717, 1.165) is 10.6 Å². The first-order valence-corrected chi connectivity index (χ1v) is 8.59. The predicted molar refractivity (Wildman–Crippen MR) is 98.2 cm³/mol. The third-order valence-corrected chi connectivity index (χ3v) is 4.26. The molecule has 1 aromatic heterocycles. The summed E-state index contributed by atoms with van der Waals surface area (Å²) in [4.78, 5) is 16.2. The first-order chi connectivity index (χ1) is 12.0. The second-order valence-electron chi connectivity index (χ2n) is 5.01. The number of nitro benzene ring substituents is 1. The third-order valence-electron chi connectivity index (χ3n) is 3.28. The number of hydrogen-bond acceptors (Lipinski definition) is 8. The molecule has 1 aromatic carbocycles. The van der Waals surface area contributed by atoms with Crippen molar-refractivity contribution < 1.29 is 14.4 Å². The van der Waals surface area contributed by atoms with Gasteiger partial charge in [0.1, 0.15) is 5.75 Å². The number of anilines is 1. The van der Waals surface area contributed by atoms with E-state index in [1.165, 1.54) is 29.7 Å². The highest BCUT2D eigenvalue weighted by Crippen LogP contribution is 2.34. The first-order valence-electron chi connectivity index (χ1n) is 7.77. The number of nitrogens with zero attached hydrogens (tertiary/aromatic N) is 3. The Balaban J connectivity index is 2.31. The van der Waals surface area contributed by atoms with Gasteiger partial charge in [-0.3, -0.25) is 15.5 Å². The molecule has 0 aliphatic heterocycles. The van der Waals surface area contributed by atoms with Crippen LogP contribution in [0.25, 0.3) is 0 Å². The maximum absolute atomic E-state index is 11.3. The minimum Gasteiger partial charge on any atom is -0.493 e. The summed E-state index contributed by atoms with van der Waals surface area (Å²) in [6, 6.07) is 2.91. The smallest absolute Gasteiger partial charge is 0.311 e. The summed E-state index contributed by atoms with van der Waals surface area (Å²) in [6.07, 6.45) is 1.47. The monoisotopic (exact) mass is 364 g/mol. The van der Waals surface area contributed by atoms with E-state index in [1.54, 1.807) is 6.92 Å². The van der Waals surface area contributed by atoms with Crippen molar-refractivity contribution in [2.45, 2.75) is 27.7 Å². The van der Waals surface area contributed by atoms with E-state index in [9.17, 15) is 10.1 Å². The van der Waals surface area contributed by atoms with Gasteiger partial charge in [0, 0.05) is 22.6 Å². The number of rotatable bonds is 8. The number of thiazole rings is 1. The highest BCUT2D eigenvalue weighted by molar-refractivity contribution is 7.15. The highest BCUT2D eigenvalue weighted by Gasteiger charge is 2.19. The molecule has 1 heterocycles. The number of hydrazone groups is 1. The average molecular weight is 364 g/mol. The molecule has 0 aliphatic rings. The molecule has 25 heavy (non-hydrogen) atoms. The Bertz CT molecular complexity index is 769. The number of benzene rings is 1. The van der Waals surface area contributed by atoms with Crippen LogP contribution >= 0.6 is 11.3 Å². The molecule has 0 unspecified atom stereocenters. The molecule has 8 nitrogen and oxygen atoms in total. The number of nitrogens with one attached hydrogen (secondary N) is 1. The van der Waals surface area contributed by atoms with E-state index >= 15 is 0 Å². The summed E-state index contributed by atoms with van der Waals surface area (Å²) in [6.45, 7) is 8.24. The van der Waals surface area contributed by atoms with Crippen LogP contribution in [0.2, 0.25) is 0 Å². The van der Waals surface area contributed by atoms with Crippen molar-refractivity contribution in [2.75, 3.05) is 18.6 Å². The van der Waals surface area contributed by atoms with Crippen molar-refractivity contribution in [1.29, 1.82) is 0 Å². The standard InChI is InChI=1S/C16H20N4O4S/c1-5-23-14-8-15(24-6-2)13(20(21)22)7-12(14)9-17-19-16-18-10(3)11(4)25-16/h7-9H,5-6H2,1-4H3,(H,18,19)/b17-9-. The van der Waals surface area contributed by atoms with Crippen LogP contribution in [0.4, 0.5) is 10.8 Å². The lowest BCUT2D eigenvalue weighted by Gasteiger charge is -2.10. The van der Waals surface area contributed by atoms with Gasteiger partial charge in [-0.1, -0.05) is 0 Å². The van der Waals surface area contributed by atoms with E-state index in [4.69, 9.17) is 9.47 Å². The van der Waals surface area contributed by atoms with Crippen molar-refractivity contribution in [1.82, 2.24) is 4.98 Å². The van der Waals surface area contributed by atoms with Crippen LogP contribution in [-0.2, 0) is 0 Å². The molecule has 0 aliphatic carbocycles. The van der Waals surface area contributed by atoms with Crippen molar-refractivity contribution in [2.24, 2.45) is 5.10 Å². The van der Waals surface area contributed by atoms with Gasteiger partial charge in [-0.2, -0.15) is 5.10 Å². The maximum Gasteiger partial charge on any atom is 0.311 e. The second-order valence-corrected chi connectivity index (χ2v) is 6.21. The Morgan fingerprint density at radius 3 is 2.52 bits per heavy atom. The Morgan fingerprint density at radius 2 is 1.96 bits per heavy atom. The SMILES string of the molecule is CCOc1cc(OCC)c([N+](=O)[O-])cc1/C=N\Nc1nc(C)c(C)s1. The zero-order valence-corrected chi connectivity index (χ0v) is 15.3. The van der Waals surface area contributed by atoms with Crippen molar-refractivity contribution in [3.8, 4) is 11.5 Å². The van der Waals surface area contributed by atoms with Gasteiger partial charge in [-0.25, -0.2) is 4.98 Å². The van der Waals surface area contributed by atoms with Crippen LogP contribution in [0.1, 0.15) is 30.0 Å². The largest absolute Gasteiger partial charge is 0.493 e. The quantitative estimate of drug-likeness (QED) is 0.433. The Morgan fingerprint density at radius 1 is 1.28 bits per heavy atom. The molecule has 0 spiro atoms. The molecule has 0 radical (unpaired) electrons. The summed E-state index contributed by atoms with van der Waals surface area (Å²) in [7, 11) is 0. The van der Waals surface area contributed by atoms with Crippen LogP contribution in [-0.4, -0.2) is 29.3 Å². The van der Waals surface area contributed by atoms with Gasteiger partial charge in [0.05, 0.1) is 30.0 Å². The van der Waals surface area contributed by atoms with E-state index in [0.29, 0.717) is 29.7 Å². The number of hydrogen-bond donors (Lipinski definition) is 1. The van der Waals surface area contributed by atoms with Gasteiger partial charge in [-0.05, 0) is 27.7 Å². The minimum absolute atomic E-state index is 0.132. The molecular formula is C16H20N4O4S. The van der Waals surface area contributed by atoms with Gasteiger partial charge in [-0.15, -0.1) is 11.3 Å². The summed E-state index contributed by atoms with van der Waals surface area (Å²) in [5.74, 6) is 0.640. The lowest BCUT2D eigenvalue weighted by Crippen LogP contribution is -2.03. The molecule has 0 saturated heterocycles. The lowest BCUT2D eigenvalue weighted by atomic mass is 10.1. The molecule has 0 bridgehead atoms. The van der Waals surface area contributed by atoms with Gasteiger partial charge in [0.2, 0.25) is 10.9 Å². The maximum atomic E-state index is 11.3. The number of aromatic nitrogens is 1. The van der Waals surface area contributed by atoms with E-state index in [1.807, 2.05) is 20.8 Å². The van der Waals surface area contributed by atoms with E-state index in [2.05, 4.69) is 15.5 Å². The topological polar surface area (TPSA) is 98.9 Å². The summed E-state index contributed by atoms with van der Waals surface area (Å²) in [5, 5.41) is 16.0. The van der Waals surface area contributed by atoms with Crippen LogP contribution in [0.5, 0.6) is 11.5 Å². The number of ether oxygens (including phenoxy) is 2. The third kappa shape index (κ3) is 4.66. The fraction of sp³-hybridized carbons (Fsp3) is 0.375. The molecule has 0 atom stereocenters. The molecule has 2 aromatic rings. The molecule has 0 fully saturated rings. The number of nitro groups is 1. The molecule has 0 amide bonds. The Kier molecular flexibility index (Phi) is 6.29. The normalized spacial score (nSPS) is 10.9. The van der Waals surface area contributed by atoms with E-state index < -0.39 is 4.92 Å². The minimum atomic E-state index is -0.487. The molecule has 2 rings (SSSR count). The van der Waals surface area contributed by atoms with Crippen molar-refractivity contribution >= 4 is 28.4 Å². The van der Waals surface area contributed by atoms with E-state index in [-0.39, 0.29) is 11.4 Å². The molecule has 134 valence electrons. The highest BCUT2D eigenvalue weighted by atomic mass is 32.1. The van der Waals surface area contributed by atoms with Gasteiger partial charge < -0.3 is 9.47 Å². The molecular weight excluding hydrogens is 344 g/mol. The summed E-state index contributed by atoms with van der Waals surface area (Å²) >= 11 is 1.49. The average Bonchev–Trinajstić information content (AvgIpc) is 2.87. The zero-order valence-electron chi connectivity index (χ0n) is 14.5. The van der Waals surface area contributed by atoms with Crippen LogP contribution in [0.3, 0.4) is 0 Å². The lowest BCUT2D eigenvalue weighted by molar-refractivity contribution is -0.385. The fourth-order valence-electron chi connectivity index (χ4n) is 2.04. The predicted octanol–water partition coefficient (Wildman–Crippen LogP) is 3.91. The van der Waals surface area contributed by atoms with Crippen molar-refractivity contribution in [3.05, 3.63) is 38.4 Å². The Labute approximate surface area is 149 Å². The molecule has 9 heteroatoms. The van der Waals surface area contributed by atoms with Crippen LogP contribution in [0.15, 0.2) is 17.2 Å². The molecule has 0 saturated carbocycles. The van der Waals surface area contributed by atoms with Crippen molar-refractivity contribution in [3.63, 3.8) is 0 Å². The summed E-state index contributed by atoms with van der Waals surface area (Å²) < 4.78 is 10.9. The van der Waals surface area contributed by atoms with Gasteiger partial charge in [0.15, 0.2) is 0 Å². The van der Waals surface area contributed by atoms with Gasteiger partial charge >= 0.3 is 5.69 Å². The summed E-state index contributed by atoms with van der Waals surface area (Å²) in [5.41, 5.74) is 4.12. The Hall–Kier alpha value is -2.68. The second kappa shape index (κ2) is 8.43. The zero-order chi connectivity index (χ0) is 18.4. The van der Waals surface area contributed by atoms with Crippen LogP contribution in [0, 0.1) is 24.0 Å². The van der Waals surface area contributed by atoms with Gasteiger partial charge in [0.25, 0.3) is 0 Å².